The number of carbonyl (C=O) groups is 3. The third-order valence-corrected chi connectivity index (χ3v) is 6.93. The third-order valence-electron chi connectivity index (χ3n) is 6.93. The quantitative estimate of drug-likeness (QED) is 0.286. The molecule has 1 aliphatic heterocycles. The molecule has 42 heavy (non-hydrogen) atoms. The highest BCUT2D eigenvalue weighted by Gasteiger charge is 2.35. The Balaban J connectivity index is 1.79. The van der Waals surface area contributed by atoms with Crippen molar-refractivity contribution >= 4 is 17.8 Å². The number of nitrogens with one attached hydrogen (secondary N) is 1. The van der Waals surface area contributed by atoms with Crippen LogP contribution >= 0.6 is 0 Å². The van der Waals surface area contributed by atoms with Crippen LogP contribution < -0.4 is 19.5 Å². The lowest BCUT2D eigenvalue weighted by Crippen LogP contribution is -2.45. The predicted molar refractivity (Wildman–Crippen MR) is 153 cm³/mol. The molecule has 3 rings (SSSR count). The minimum atomic E-state index is -0.917. The van der Waals surface area contributed by atoms with E-state index in [1.807, 2.05) is 31.2 Å². The molecule has 1 aromatic heterocycles. The maximum atomic E-state index is 13.4. The molecule has 2 heterocycles. The van der Waals surface area contributed by atoms with E-state index in [9.17, 15) is 14.4 Å². The van der Waals surface area contributed by atoms with Crippen molar-refractivity contribution in [2.24, 2.45) is 11.8 Å². The number of cyclic esters (lactones) is 1. The van der Waals surface area contributed by atoms with Gasteiger partial charge in [0.1, 0.15) is 17.9 Å². The van der Waals surface area contributed by atoms with Crippen LogP contribution in [-0.4, -0.2) is 68.7 Å². The van der Waals surface area contributed by atoms with Crippen molar-refractivity contribution in [3.8, 4) is 17.2 Å². The van der Waals surface area contributed by atoms with Crippen molar-refractivity contribution in [2.45, 2.75) is 71.6 Å². The van der Waals surface area contributed by atoms with Gasteiger partial charge in [0.05, 0.1) is 20.3 Å². The van der Waals surface area contributed by atoms with Gasteiger partial charge in [0.25, 0.3) is 5.91 Å². The Morgan fingerprint density at radius 3 is 2.48 bits per heavy atom. The van der Waals surface area contributed by atoms with Gasteiger partial charge in [0.15, 0.2) is 17.2 Å². The van der Waals surface area contributed by atoms with Gasteiger partial charge in [-0.1, -0.05) is 32.4 Å². The number of rotatable bonds is 12. The SMILES string of the molecule is COc1ccc(CC2CCCC(NC(=O)c3nccc(OC)c3OCOC(C)=O)C(=O)OC(C)C2OCC(C)C)cc1. The van der Waals surface area contributed by atoms with Crippen LogP contribution in [0.15, 0.2) is 36.5 Å². The van der Waals surface area contributed by atoms with E-state index in [2.05, 4.69) is 24.1 Å². The summed E-state index contributed by atoms with van der Waals surface area (Å²) in [5.41, 5.74) is 1.02. The van der Waals surface area contributed by atoms with E-state index in [0.717, 1.165) is 24.2 Å². The Morgan fingerprint density at radius 2 is 1.83 bits per heavy atom. The van der Waals surface area contributed by atoms with Gasteiger partial charge in [-0.2, -0.15) is 0 Å². The summed E-state index contributed by atoms with van der Waals surface area (Å²) in [6.45, 7) is 7.32. The van der Waals surface area contributed by atoms with Crippen molar-refractivity contribution < 1.29 is 42.8 Å². The largest absolute Gasteiger partial charge is 0.497 e. The molecule has 2 aromatic rings. The molecule has 230 valence electrons. The van der Waals surface area contributed by atoms with E-state index >= 15 is 0 Å². The van der Waals surface area contributed by atoms with Gasteiger partial charge in [-0.15, -0.1) is 0 Å². The molecule has 11 nitrogen and oxygen atoms in total. The molecule has 0 aliphatic carbocycles. The van der Waals surface area contributed by atoms with E-state index in [-0.39, 0.29) is 29.2 Å². The lowest BCUT2D eigenvalue weighted by atomic mass is 9.86. The number of aromatic nitrogens is 1. The van der Waals surface area contributed by atoms with E-state index < -0.39 is 36.8 Å². The first-order chi connectivity index (χ1) is 20.1. The maximum Gasteiger partial charge on any atom is 0.329 e. The number of hydrogen-bond acceptors (Lipinski definition) is 10. The van der Waals surface area contributed by atoms with Gasteiger partial charge in [-0.05, 0) is 55.7 Å². The Bertz CT molecular complexity index is 1190. The molecule has 0 bridgehead atoms. The zero-order valence-corrected chi connectivity index (χ0v) is 25.2. The molecular formula is C31H42N2O9. The number of hydrogen-bond donors (Lipinski definition) is 1. The lowest BCUT2D eigenvalue weighted by molar-refractivity contribution is -0.161. The molecule has 1 fully saturated rings. The van der Waals surface area contributed by atoms with Gasteiger partial charge >= 0.3 is 11.9 Å². The predicted octanol–water partition coefficient (Wildman–Crippen LogP) is 4.11. The molecule has 1 N–H and O–H groups in total. The summed E-state index contributed by atoms with van der Waals surface area (Å²) >= 11 is 0. The van der Waals surface area contributed by atoms with Crippen LogP contribution in [-0.2, 0) is 30.2 Å². The average Bonchev–Trinajstić information content (AvgIpc) is 3.00. The van der Waals surface area contributed by atoms with E-state index in [1.54, 1.807) is 7.11 Å². The first-order valence-electron chi connectivity index (χ1n) is 14.2. The van der Waals surface area contributed by atoms with Gasteiger partial charge in [-0.3, -0.25) is 9.59 Å². The monoisotopic (exact) mass is 586 g/mol. The summed E-state index contributed by atoms with van der Waals surface area (Å²) in [5.74, 6) is -0.367. The Morgan fingerprint density at radius 1 is 1.10 bits per heavy atom. The summed E-state index contributed by atoms with van der Waals surface area (Å²) in [7, 11) is 3.04. The molecule has 4 unspecified atom stereocenters. The molecule has 0 radical (unpaired) electrons. The second-order valence-electron chi connectivity index (χ2n) is 10.7. The van der Waals surface area contributed by atoms with Crippen LogP contribution in [0.4, 0.5) is 0 Å². The third kappa shape index (κ3) is 9.34. The standard InChI is InChI=1S/C31H42N2O9/c1-19(2)17-39-28-20(3)42-31(36)25(9-7-8-23(28)16-22-10-12-24(37-5)13-11-22)33-30(35)27-29(41-18-40-21(4)34)26(38-6)14-15-32-27/h10-15,19-20,23,25,28H,7-9,16-18H2,1-6H3,(H,33,35). The van der Waals surface area contributed by atoms with E-state index in [4.69, 9.17) is 28.4 Å². The number of benzene rings is 1. The van der Waals surface area contributed by atoms with Crippen LogP contribution in [0, 0.1) is 11.8 Å². The number of pyridine rings is 1. The normalized spacial score (nSPS) is 20.9. The van der Waals surface area contributed by atoms with Crippen LogP contribution in [0.25, 0.3) is 0 Å². The second-order valence-corrected chi connectivity index (χ2v) is 10.7. The number of methoxy groups -OCH3 is 2. The average molecular weight is 587 g/mol. The number of carbonyl (C=O) groups excluding carboxylic acids is 3. The molecule has 4 atom stereocenters. The number of nitrogens with zero attached hydrogens (tertiary/aromatic N) is 1. The van der Waals surface area contributed by atoms with Gasteiger partial charge in [0, 0.05) is 25.8 Å². The van der Waals surface area contributed by atoms with Crippen molar-refractivity contribution in [3.63, 3.8) is 0 Å². The Hall–Kier alpha value is -3.86. The minimum Gasteiger partial charge on any atom is -0.497 e. The van der Waals surface area contributed by atoms with Gasteiger partial charge < -0.3 is 33.7 Å². The molecule has 0 saturated carbocycles. The molecule has 1 saturated heterocycles. The number of amides is 1. The highest BCUT2D eigenvalue weighted by atomic mass is 16.7. The van der Waals surface area contributed by atoms with Crippen molar-refractivity contribution in [3.05, 3.63) is 47.8 Å². The first kappa shape index (κ1) is 32.7. The highest BCUT2D eigenvalue weighted by molar-refractivity contribution is 5.98. The number of esters is 2. The molecule has 0 spiro atoms. The molecule has 1 aromatic carbocycles. The minimum absolute atomic E-state index is 0.00902. The van der Waals surface area contributed by atoms with E-state index in [0.29, 0.717) is 25.4 Å². The summed E-state index contributed by atoms with van der Waals surface area (Å²) in [5, 5.41) is 2.76. The van der Waals surface area contributed by atoms with Gasteiger partial charge in [0.2, 0.25) is 6.79 Å². The summed E-state index contributed by atoms with van der Waals surface area (Å²) in [6, 6.07) is 8.52. The van der Waals surface area contributed by atoms with Crippen LogP contribution in [0.3, 0.4) is 0 Å². The van der Waals surface area contributed by atoms with Crippen molar-refractivity contribution in [1.29, 1.82) is 0 Å². The Labute approximate surface area is 247 Å². The first-order valence-corrected chi connectivity index (χ1v) is 14.2. The van der Waals surface area contributed by atoms with Crippen molar-refractivity contribution in [2.75, 3.05) is 27.6 Å². The van der Waals surface area contributed by atoms with Crippen LogP contribution in [0.2, 0.25) is 0 Å². The molecule has 1 amide bonds. The topological polar surface area (TPSA) is 132 Å². The summed E-state index contributed by atoms with van der Waals surface area (Å²) in [4.78, 5) is 42.0. The molecule has 1 aliphatic rings. The maximum absolute atomic E-state index is 13.4. The van der Waals surface area contributed by atoms with Crippen molar-refractivity contribution in [1.82, 2.24) is 10.3 Å². The fourth-order valence-corrected chi connectivity index (χ4v) is 4.86. The highest BCUT2D eigenvalue weighted by Crippen LogP contribution is 2.31. The number of ether oxygens (including phenoxy) is 6. The summed E-state index contributed by atoms with van der Waals surface area (Å²) < 4.78 is 33.2. The Kier molecular flexibility index (Phi) is 12.4. The second kappa shape index (κ2) is 16.0. The van der Waals surface area contributed by atoms with Crippen LogP contribution in [0.5, 0.6) is 17.2 Å². The lowest BCUT2D eigenvalue weighted by Gasteiger charge is -2.32. The van der Waals surface area contributed by atoms with E-state index in [1.165, 1.54) is 26.3 Å². The fraction of sp³-hybridized carbons (Fsp3) is 0.548. The zero-order valence-electron chi connectivity index (χ0n) is 25.2. The summed E-state index contributed by atoms with van der Waals surface area (Å²) in [6.07, 6.45) is 3.02. The molecular weight excluding hydrogens is 544 g/mol. The van der Waals surface area contributed by atoms with Crippen LogP contribution in [0.1, 0.15) is 63.0 Å². The molecule has 11 heteroatoms. The fourth-order valence-electron chi connectivity index (χ4n) is 4.86. The zero-order chi connectivity index (χ0) is 30.6. The van der Waals surface area contributed by atoms with Gasteiger partial charge in [-0.25, -0.2) is 9.78 Å². The smallest absolute Gasteiger partial charge is 0.329 e.